The number of hydrogen-bond acceptors (Lipinski definition) is 8. The van der Waals surface area contributed by atoms with Crippen molar-refractivity contribution in [2.75, 3.05) is 36.2 Å². The third-order valence-electron chi connectivity index (χ3n) is 6.17. The minimum Gasteiger partial charge on any atom is -0.367 e. The monoisotopic (exact) mass is 483 g/mol. The highest BCUT2D eigenvalue weighted by molar-refractivity contribution is 5.99. The van der Waals surface area contributed by atoms with Crippen molar-refractivity contribution < 1.29 is 20.6 Å². The Bertz CT molecular complexity index is 1650. The Balaban J connectivity index is 1.53. The molecule has 182 valence electrons. The third kappa shape index (κ3) is 4.36. The largest absolute Gasteiger partial charge is 0.367 e. The van der Waals surface area contributed by atoms with E-state index in [0.29, 0.717) is 21.5 Å². The van der Waals surface area contributed by atoms with Crippen LogP contribution >= 0.6 is 0 Å². The lowest BCUT2D eigenvalue weighted by Gasteiger charge is -2.33. The third-order valence-corrected chi connectivity index (χ3v) is 6.17. The first-order valence-corrected chi connectivity index (χ1v) is 11.2. The summed E-state index contributed by atoms with van der Waals surface area (Å²) in [6, 6.07) is 2.41. The number of aromatic nitrogens is 4. The molecule has 10 nitrogen and oxygen atoms in total. The van der Waals surface area contributed by atoms with Crippen molar-refractivity contribution in [1.29, 1.82) is 0 Å². The van der Waals surface area contributed by atoms with Crippen LogP contribution in [0.3, 0.4) is 0 Å². The second kappa shape index (κ2) is 9.44. The molecule has 0 aromatic carbocycles. The van der Waals surface area contributed by atoms with Crippen molar-refractivity contribution in [2.24, 2.45) is 0 Å². The number of rotatable bonds is 6. The molecule has 3 aromatic rings. The number of ketones is 1. The number of piperazine rings is 1. The Hall–Kier alpha value is -3.82. The number of fused-ring (bicyclic) bond motifs is 1. The molecule has 0 radical (unpaired) electrons. The van der Waals surface area contributed by atoms with Gasteiger partial charge >= 0.3 is 0 Å². The van der Waals surface area contributed by atoms with Crippen molar-refractivity contribution >= 4 is 40.7 Å². The van der Waals surface area contributed by atoms with E-state index in [0.717, 1.165) is 31.9 Å². The van der Waals surface area contributed by atoms with Crippen LogP contribution in [0.4, 0.5) is 17.5 Å². The molecule has 5 rings (SSSR count). The van der Waals surface area contributed by atoms with Gasteiger partial charge < -0.3 is 15.1 Å². The van der Waals surface area contributed by atoms with Gasteiger partial charge in [0.15, 0.2) is 5.78 Å². The van der Waals surface area contributed by atoms with Crippen molar-refractivity contribution in [2.45, 2.75) is 45.6 Å². The molecule has 2 fully saturated rings. The Labute approximate surface area is 214 Å². The number of carbonyl (C=O) groups excluding carboxylic acids is 2. The molecular formula is C25H29N7O3. The molecule has 3 aromatic heterocycles. The second-order valence-corrected chi connectivity index (χ2v) is 8.39. The summed E-state index contributed by atoms with van der Waals surface area (Å²) in [5, 5.41) is 3.44. The van der Waals surface area contributed by atoms with Gasteiger partial charge in [-0.3, -0.25) is 19.0 Å². The van der Waals surface area contributed by atoms with E-state index in [2.05, 4.69) is 20.3 Å². The zero-order valence-electron chi connectivity index (χ0n) is 27.2. The highest BCUT2D eigenvalue weighted by atomic mass is 16.1. The van der Waals surface area contributed by atoms with Crippen LogP contribution in [-0.4, -0.2) is 62.6 Å². The number of hydrogen-bond donors (Lipinski definition) is 1. The van der Waals surface area contributed by atoms with Crippen LogP contribution < -0.4 is 15.8 Å². The molecule has 0 atom stereocenters. The Morgan fingerprint density at radius 2 is 1.89 bits per heavy atom. The molecule has 35 heavy (non-hydrogen) atoms. The minimum absolute atomic E-state index is 0.0618. The molecule has 2 aliphatic rings. The number of aryl methyl sites for hydroxylation is 1. The summed E-state index contributed by atoms with van der Waals surface area (Å²) < 4.78 is 67.6. The summed E-state index contributed by atoms with van der Waals surface area (Å²) >= 11 is 0. The van der Waals surface area contributed by atoms with Crippen molar-refractivity contribution in [3.63, 3.8) is 0 Å². The molecule has 4 heterocycles. The molecule has 1 saturated carbocycles. The van der Waals surface area contributed by atoms with E-state index in [1.807, 2.05) is 0 Å². The van der Waals surface area contributed by atoms with E-state index >= 15 is 0 Å². The average molecular weight is 484 g/mol. The molecule has 0 bridgehead atoms. The first kappa shape index (κ1) is 15.2. The second-order valence-electron chi connectivity index (χ2n) is 8.39. The Morgan fingerprint density at radius 1 is 1.14 bits per heavy atom. The van der Waals surface area contributed by atoms with Gasteiger partial charge in [-0.15, -0.1) is 0 Å². The van der Waals surface area contributed by atoms with Gasteiger partial charge in [-0.05, 0) is 44.4 Å². The normalized spacial score (nSPS) is 25.8. The molecule has 0 spiro atoms. The highest BCUT2D eigenvalue weighted by Crippen LogP contribution is 2.32. The summed E-state index contributed by atoms with van der Waals surface area (Å²) in [5.41, 5.74) is 0.236. The number of pyridine rings is 2. The van der Waals surface area contributed by atoms with Crippen LogP contribution in [-0.2, 0) is 4.79 Å². The van der Waals surface area contributed by atoms with Crippen LogP contribution in [0.25, 0.3) is 11.0 Å². The molecule has 0 unspecified atom stereocenters. The number of anilines is 3. The van der Waals surface area contributed by atoms with Crippen molar-refractivity contribution in [3.05, 3.63) is 46.0 Å². The number of nitrogens with zero attached hydrogens (tertiary/aromatic N) is 6. The molecule has 1 saturated heterocycles. The minimum atomic E-state index is -3.25. The van der Waals surface area contributed by atoms with E-state index in [9.17, 15) is 14.4 Å². The molecule has 1 amide bonds. The van der Waals surface area contributed by atoms with Crippen LogP contribution in [0.15, 0.2) is 29.3 Å². The first-order valence-electron chi connectivity index (χ1n) is 15.2. The summed E-state index contributed by atoms with van der Waals surface area (Å²) in [5.74, 6) is -0.148. The Kier molecular flexibility index (Phi) is 4.11. The highest BCUT2D eigenvalue weighted by Gasteiger charge is 2.26. The van der Waals surface area contributed by atoms with Gasteiger partial charge in [0.25, 0.3) is 5.56 Å². The predicted molar refractivity (Wildman–Crippen MR) is 133 cm³/mol. The van der Waals surface area contributed by atoms with E-state index in [1.165, 1.54) is 25.3 Å². The van der Waals surface area contributed by atoms with Gasteiger partial charge in [0.05, 0.1) is 28.4 Å². The van der Waals surface area contributed by atoms with Crippen LogP contribution in [0.2, 0.25) is 0 Å². The maximum absolute atomic E-state index is 13.4. The van der Waals surface area contributed by atoms with E-state index in [-0.39, 0.29) is 46.2 Å². The summed E-state index contributed by atoms with van der Waals surface area (Å²) in [6.07, 6.45) is 5.70. The lowest BCUT2D eigenvalue weighted by atomic mass is 10.0. The van der Waals surface area contributed by atoms with E-state index < -0.39 is 31.5 Å². The zero-order valence-corrected chi connectivity index (χ0v) is 19.2. The zero-order chi connectivity index (χ0) is 31.7. The average Bonchev–Trinajstić information content (AvgIpc) is 3.43. The fourth-order valence-electron chi connectivity index (χ4n) is 4.46. The maximum Gasteiger partial charge on any atom is 0.263 e. The van der Waals surface area contributed by atoms with Crippen molar-refractivity contribution in [1.82, 2.24) is 24.4 Å². The maximum atomic E-state index is 13.4. The Morgan fingerprint density at radius 3 is 2.51 bits per heavy atom. The fraction of sp³-hybridized carbons (Fsp3) is 0.440. The van der Waals surface area contributed by atoms with Gasteiger partial charge in [-0.25, -0.2) is 9.97 Å². The van der Waals surface area contributed by atoms with Crippen LogP contribution in [0, 0.1) is 6.92 Å². The van der Waals surface area contributed by atoms with Gasteiger partial charge in [0, 0.05) is 43.6 Å². The molecule has 1 aliphatic carbocycles. The number of carbonyl (C=O) groups is 2. The summed E-state index contributed by atoms with van der Waals surface area (Å²) in [7, 11) is 0. The van der Waals surface area contributed by atoms with E-state index in [4.69, 9.17) is 11.0 Å². The van der Waals surface area contributed by atoms with Gasteiger partial charge in [0.1, 0.15) is 11.5 Å². The van der Waals surface area contributed by atoms with Crippen molar-refractivity contribution in [3.8, 4) is 0 Å². The summed E-state index contributed by atoms with van der Waals surface area (Å²) in [4.78, 5) is 50.5. The summed E-state index contributed by atoms with van der Waals surface area (Å²) in [6.45, 7) is -9.90. The smallest absolute Gasteiger partial charge is 0.263 e. The van der Waals surface area contributed by atoms with Crippen LogP contribution in [0.5, 0.6) is 0 Å². The topological polar surface area (TPSA) is 113 Å². The standard InChI is InChI=1S/C25H29N7O3/c1-16-20-14-27-25(28-21-8-7-19(13-26-21)31-11-9-30(15-33)10-12-31)29-23(20)32(18-5-3-4-6-18)24(35)22(16)17(2)34/h7-8,13-15,18H,3-6,9-12H2,1-2H3,(H,26,27,28,29)/i9D2,10D2,11D2,12D2. The van der Waals surface area contributed by atoms with Gasteiger partial charge in [-0.1, -0.05) is 12.8 Å². The molecule has 10 heteroatoms. The molecule has 1 N–H and O–H groups in total. The lowest BCUT2D eigenvalue weighted by Crippen LogP contribution is -2.45. The number of amides is 1. The van der Waals surface area contributed by atoms with Crippen LogP contribution in [0.1, 0.15) is 65.5 Å². The number of nitrogens with one attached hydrogen (secondary N) is 1. The van der Waals surface area contributed by atoms with E-state index in [1.54, 1.807) is 11.5 Å². The van der Waals surface area contributed by atoms with Gasteiger partial charge in [-0.2, -0.15) is 4.98 Å². The molecule has 1 aliphatic heterocycles. The fourth-order valence-corrected chi connectivity index (χ4v) is 4.46. The lowest BCUT2D eigenvalue weighted by molar-refractivity contribution is -0.118. The van der Waals surface area contributed by atoms with Gasteiger partial charge in [0.2, 0.25) is 12.4 Å². The SMILES string of the molecule is [2H]C1([2H])N(C=O)C([2H])([2H])C([2H])([2H])N(c2ccc(Nc3ncc4c(C)c(C(C)=O)c(=O)n(C5CCCC5)c4n3)nc2)C1([2H])[2H]. The number of Topliss-reactive ketones (excluding diaryl/α,β-unsaturated/α-hetero) is 1. The molecular weight excluding hydrogens is 446 g/mol. The quantitative estimate of drug-likeness (QED) is 0.421. The predicted octanol–water partition coefficient (Wildman–Crippen LogP) is 2.83. The first-order chi connectivity index (χ1) is 20.0.